The first-order valence-corrected chi connectivity index (χ1v) is 7.04. The summed E-state index contributed by atoms with van der Waals surface area (Å²) in [6.45, 7) is 0. The van der Waals surface area contributed by atoms with Gasteiger partial charge in [-0.2, -0.15) is 0 Å². The predicted molar refractivity (Wildman–Crippen MR) is 77.3 cm³/mol. The zero-order valence-corrected chi connectivity index (χ0v) is 12.9. The van der Waals surface area contributed by atoms with E-state index < -0.39 is 11.9 Å². The summed E-state index contributed by atoms with van der Waals surface area (Å²) in [5.41, 5.74) is 0.741. The van der Waals surface area contributed by atoms with Crippen LogP contribution < -0.4 is 0 Å². The van der Waals surface area contributed by atoms with E-state index in [-0.39, 0.29) is 10.6 Å². The molecule has 2 rings (SSSR count). The number of halogens is 4. The third kappa shape index (κ3) is 2.62. The Morgan fingerprint density at radius 3 is 2.33 bits per heavy atom. The SMILES string of the molecule is OC(c1ccccc1Br)c1ccc(Br)c(Cl)c1F. The molecular formula is C13H8Br2ClFO. The number of aliphatic hydroxyl groups excluding tert-OH is 1. The van der Waals surface area contributed by atoms with E-state index in [1.54, 1.807) is 24.3 Å². The van der Waals surface area contributed by atoms with E-state index >= 15 is 0 Å². The smallest absolute Gasteiger partial charge is 0.149 e. The topological polar surface area (TPSA) is 20.2 Å². The fraction of sp³-hybridized carbons (Fsp3) is 0.0769. The van der Waals surface area contributed by atoms with E-state index in [9.17, 15) is 9.50 Å². The molecule has 2 aromatic rings. The van der Waals surface area contributed by atoms with Gasteiger partial charge in [0.05, 0.1) is 5.02 Å². The van der Waals surface area contributed by atoms with Gasteiger partial charge in [-0.1, -0.05) is 51.8 Å². The Kier molecular flexibility index (Phi) is 4.43. The van der Waals surface area contributed by atoms with Crippen molar-refractivity contribution in [2.75, 3.05) is 0 Å². The Labute approximate surface area is 126 Å². The summed E-state index contributed by atoms with van der Waals surface area (Å²) in [6, 6.07) is 10.2. The highest BCUT2D eigenvalue weighted by Gasteiger charge is 2.20. The molecule has 0 aromatic heterocycles. The monoisotopic (exact) mass is 392 g/mol. The van der Waals surface area contributed by atoms with Crippen molar-refractivity contribution in [1.82, 2.24) is 0 Å². The third-order valence-corrected chi connectivity index (χ3v) is 4.54. The standard InChI is InChI=1S/C13H8Br2ClFO/c14-9-4-2-1-3-7(9)13(18)8-5-6-10(15)11(16)12(8)17/h1-6,13,18H. The van der Waals surface area contributed by atoms with E-state index in [2.05, 4.69) is 31.9 Å². The molecule has 0 saturated heterocycles. The van der Waals surface area contributed by atoms with Crippen LogP contribution in [0.15, 0.2) is 45.3 Å². The number of benzene rings is 2. The minimum absolute atomic E-state index is 0.0291. The number of rotatable bonds is 2. The van der Waals surface area contributed by atoms with Crippen molar-refractivity contribution in [2.24, 2.45) is 0 Å². The molecular weight excluding hydrogens is 386 g/mol. The first-order valence-electron chi connectivity index (χ1n) is 5.08. The molecule has 0 aliphatic carbocycles. The maximum Gasteiger partial charge on any atom is 0.149 e. The molecule has 94 valence electrons. The molecule has 0 aliphatic heterocycles. The highest BCUT2D eigenvalue weighted by atomic mass is 79.9. The van der Waals surface area contributed by atoms with Gasteiger partial charge in [-0.25, -0.2) is 4.39 Å². The van der Waals surface area contributed by atoms with Crippen molar-refractivity contribution >= 4 is 43.5 Å². The van der Waals surface area contributed by atoms with Gasteiger partial charge in [0.15, 0.2) is 0 Å². The van der Waals surface area contributed by atoms with Crippen molar-refractivity contribution in [3.63, 3.8) is 0 Å². The van der Waals surface area contributed by atoms with Crippen LogP contribution in [0.1, 0.15) is 17.2 Å². The zero-order valence-electron chi connectivity index (χ0n) is 9.00. The Hall–Kier alpha value is -0.420. The number of aliphatic hydroxyl groups is 1. The molecule has 0 aliphatic rings. The van der Waals surface area contributed by atoms with Gasteiger partial charge >= 0.3 is 0 Å². The summed E-state index contributed by atoms with van der Waals surface area (Å²) in [6.07, 6.45) is -1.06. The van der Waals surface area contributed by atoms with Crippen molar-refractivity contribution in [2.45, 2.75) is 6.10 Å². The molecule has 1 atom stereocenters. The lowest BCUT2D eigenvalue weighted by molar-refractivity contribution is 0.214. The van der Waals surface area contributed by atoms with Crippen LogP contribution in [0.4, 0.5) is 4.39 Å². The fourth-order valence-electron chi connectivity index (χ4n) is 1.62. The minimum Gasteiger partial charge on any atom is -0.384 e. The highest BCUT2D eigenvalue weighted by molar-refractivity contribution is 9.10. The average molecular weight is 394 g/mol. The van der Waals surface area contributed by atoms with Crippen LogP contribution in [-0.4, -0.2) is 5.11 Å². The second-order valence-corrected chi connectivity index (χ2v) is 5.78. The molecule has 5 heteroatoms. The van der Waals surface area contributed by atoms with Gasteiger partial charge in [0.1, 0.15) is 11.9 Å². The van der Waals surface area contributed by atoms with Gasteiger partial charge in [-0.05, 0) is 33.6 Å². The Balaban J connectivity index is 2.50. The summed E-state index contributed by atoms with van der Waals surface area (Å²) >= 11 is 12.3. The van der Waals surface area contributed by atoms with Gasteiger partial charge in [-0.3, -0.25) is 0 Å². The van der Waals surface area contributed by atoms with E-state index in [4.69, 9.17) is 11.6 Å². The van der Waals surface area contributed by atoms with Gasteiger partial charge in [-0.15, -0.1) is 0 Å². The van der Waals surface area contributed by atoms with Gasteiger partial charge in [0.2, 0.25) is 0 Å². The zero-order chi connectivity index (χ0) is 13.3. The lowest BCUT2D eigenvalue weighted by atomic mass is 10.0. The summed E-state index contributed by atoms with van der Waals surface area (Å²) in [7, 11) is 0. The second kappa shape index (κ2) is 5.70. The van der Waals surface area contributed by atoms with E-state index in [0.29, 0.717) is 10.0 Å². The Morgan fingerprint density at radius 1 is 1.00 bits per heavy atom. The maximum atomic E-state index is 14.0. The predicted octanol–water partition coefficient (Wildman–Crippen LogP) is 5.09. The number of hydrogen-bond donors (Lipinski definition) is 1. The Morgan fingerprint density at radius 2 is 1.67 bits per heavy atom. The molecule has 0 fully saturated rings. The van der Waals surface area contributed by atoms with Crippen LogP contribution in [0.25, 0.3) is 0 Å². The first kappa shape index (κ1) is 14.0. The molecule has 1 N–H and O–H groups in total. The summed E-state index contributed by atoms with van der Waals surface area (Å²) in [5, 5.41) is 10.2. The average Bonchev–Trinajstić information content (AvgIpc) is 2.36. The van der Waals surface area contributed by atoms with Crippen LogP contribution in [0.2, 0.25) is 5.02 Å². The molecule has 0 amide bonds. The molecule has 2 aromatic carbocycles. The summed E-state index contributed by atoms with van der Waals surface area (Å²) < 4.78 is 15.2. The highest BCUT2D eigenvalue weighted by Crippen LogP contribution is 2.34. The maximum absolute atomic E-state index is 14.0. The van der Waals surface area contributed by atoms with Crippen LogP contribution in [-0.2, 0) is 0 Å². The lowest BCUT2D eigenvalue weighted by Crippen LogP contribution is -2.04. The largest absolute Gasteiger partial charge is 0.384 e. The van der Waals surface area contributed by atoms with Gasteiger partial charge in [0, 0.05) is 14.5 Å². The third-order valence-electron chi connectivity index (χ3n) is 2.56. The van der Waals surface area contributed by atoms with Crippen LogP contribution in [0, 0.1) is 5.82 Å². The summed E-state index contributed by atoms with van der Waals surface area (Å²) in [5.74, 6) is -0.616. The quantitative estimate of drug-likeness (QED) is 0.704. The molecule has 1 nitrogen and oxygen atoms in total. The van der Waals surface area contributed by atoms with Crippen LogP contribution >= 0.6 is 43.5 Å². The van der Waals surface area contributed by atoms with Crippen molar-refractivity contribution < 1.29 is 9.50 Å². The van der Waals surface area contributed by atoms with Crippen molar-refractivity contribution in [3.05, 3.63) is 67.3 Å². The number of hydrogen-bond acceptors (Lipinski definition) is 1. The Bertz CT molecular complexity index is 589. The fourth-order valence-corrected chi connectivity index (χ4v) is 2.60. The van der Waals surface area contributed by atoms with Crippen molar-refractivity contribution in [3.8, 4) is 0 Å². The van der Waals surface area contributed by atoms with E-state index in [1.807, 2.05) is 6.07 Å². The van der Waals surface area contributed by atoms with Gasteiger partial charge < -0.3 is 5.11 Å². The summed E-state index contributed by atoms with van der Waals surface area (Å²) in [4.78, 5) is 0. The minimum atomic E-state index is -1.06. The van der Waals surface area contributed by atoms with Crippen LogP contribution in [0.3, 0.4) is 0 Å². The normalized spacial score (nSPS) is 12.5. The molecule has 0 bridgehead atoms. The molecule has 18 heavy (non-hydrogen) atoms. The molecule has 0 radical (unpaired) electrons. The first-order chi connectivity index (χ1) is 8.52. The van der Waals surface area contributed by atoms with E-state index in [1.165, 1.54) is 6.07 Å². The van der Waals surface area contributed by atoms with Crippen LogP contribution in [0.5, 0.6) is 0 Å². The molecule has 0 spiro atoms. The second-order valence-electron chi connectivity index (χ2n) is 3.69. The lowest BCUT2D eigenvalue weighted by Gasteiger charge is -2.15. The molecule has 1 unspecified atom stereocenters. The van der Waals surface area contributed by atoms with Gasteiger partial charge in [0.25, 0.3) is 0 Å². The van der Waals surface area contributed by atoms with Crippen molar-refractivity contribution in [1.29, 1.82) is 0 Å². The van der Waals surface area contributed by atoms with E-state index in [0.717, 1.165) is 4.47 Å². The molecule has 0 heterocycles. The molecule has 0 saturated carbocycles.